The first kappa shape index (κ1) is 24.8. The third kappa shape index (κ3) is 5.61. The van der Waals surface area contributed by atoms with Gasteiger partial charge >= 0.3 is 0 Å². The molecule has 5 aromatic rings. The molecular formula is C27H19Cl2N5O2S. The normalized spacial score (nSPS) is 11.3. The maximum absolute atomic E-state index is 12.6. The smallest absolute Gasteiger partial charge is 0.250 e. The van der Waals surface area contributed by atoms with E-state index in [1.165, 1.54) is 18.0 Å². The average Bonchev–Trinajstić information content (AvgIpc) is 3.33. The van der Waals surface area contributed by atoms with E-state index in [9.17, 15) is 9.90 Å². The lowest BCUT2D eigenvalue weighted by Crippen LogP contribution is -2.20. The Hall–Kier alpha value is -3.85. The minimum Gasteiger partial charge on any atom is -0.507 e. The quantitative estimate of drug-likeness (QED) is 0.141. The lowest BCUT2D eigenvalue weighted by Gasteiger charge is -2.10. The molecular weight excluding hydrogens is 529 g/mol. The Morgan fingerprint density at radius 1 is 0.946 bits per heavy atom. The molecule has 37 heavy (non-hydrogen) atoms. The summed E-state index contributed by atoms with van der Waals surface area (Å²) in [5, 5.41) is 26.5. The van der Waals surface area contributed by atoms with Gasteiger partial charge in [0.25, 0.3) is 5.91 Å². The Kier molecular flexibility index (Phi) is 7.41. The molecule has 1 amide bonds. The number of nitrogens with zero attached hydrogens (tertiary/aromatic N) is 4. The molecule has 0 radical (unpaired) electrons. The molecule has 0 aliphatic heterocycles. The summed E-state index contributed by atoms with van der Waals surface area (Å²) < 4.78 is 1.86. The summed E-state index contributed by atoms with van der Waals surface area (Å²) in [6.45, 7) is 0. The first-order valence-electron chi connectivity index (χ1n) is 11.1. The number of fused-ring (bicyclic) bond motifs is 1. The fourth-order valence-corrected chi connectivity index (χ4v) is 4.72. The van der Waals surface area contributed by atoms with Crippen molar-refractivity contribution >= 4 is 57.9 Å². The molecule has 1 aromatic heterocycles. The second-order valence-corrected chi connectivity index (χ2v) is 9.74. The van der Waals surface area contributed by atoms with E-state index >= 15 is 0 Å². The van der Waals surface area contributed by atoms with E-state index in [0.717, 1.165) is 22.0 Å². The van der Waals surface area contributed by atoms with Crippen molar-refractivity contribution in [2.75, 3.05) is 5.75 Å². The van der Waals surface area contributed by atoms with Gasteiger partial charge in [0.2, 0.25) is 0 Å². The third-order valence-electron chi connectivity index (χ3n) is 5.48. The highest BCUT2D eigenvalue weighted by atomic mass is 35.5. The number of aromatic nitrogens is 3. The van der Waals surface area contributed by atoms with Gasteiger partial charge in [0.15, 0.2) is 11.0 Å². The zero-order valence-corrected chi connectivity index (χ0v) is 21.5. The third-order valence-corrected chi connectivity index (χ3v) is 6.92. The van der Waals surface area contributed by atoms with E-state index in [2.05, 4.69) is 20.7 Å². The molecule has 0 spiro atoms. The monoisotopic (exact) mass is 547 g/mol. The number of amides is 1. The molecule has 184 valence electrons. The van der Waals surface area contributed by atoms with Crippen LogP contribution in [0.4, 0.5) is 0 Å². The Bertz CT molecular complexity index is 1600. The summed E-state index contributed by atoms with van der Waals surface area (Å²) >= 11 is 13.4. The molecule has 0 saturated carbocycles. The zero-order chi connectivity index (χ0) is 25.8. The highest BCUT2D eigenvalue weighted by molar-refractivity contribution is 7.99. The van der Waals surface area contributed by atoms with Crippen LogP contribution < -0.4 is 5.43 Å². The molecule has 10 heteroatoms. The Morgan fingerprint density at radius 2 is 1.65 bits per heavy atom. The SMILES string of the molecule is O=C(CSc1nnc(-c2ccc(Cl)cc2)n1-c1ccc(Cl)cc1)N/N=C/c1c(O)ccc2ccccc12. The highest BCUT2D eigenvalue weighted by Crippen LogP contribution is 2.29. The van der Waals surface area contributed by atoms with Gasteiger partial charge < -0.3 is 5.11 Å². The van der Waals surface area contributed by atoms with Crippen molar-refractivity contribution in [3.8, 4) is 22.8 Å². The van der Waals surface area contributed by atoms with Crippen molar-refractivity contribution in [3.63, 3.8) is 0 Å². The van der Waals surface area contributed by atoms with E-state index in [4.69, 9.17) is 23.2 Å². The summed E-state index contributed by atoms with van der Waals surface area (Å²) in [6, 6.07) is 25.6. The number of carbonyl (C=O) groups excluding carboxylic acids is 1. The van der Waals surface area contributed by atoms with Gasteiger partial charge in [-0.15, -0.1) is 10.2 Å². The van der Waals surface area contributed by atoms with Crippen molar-refractivity contribution in [1.82, 2.24) is 20.2 Å². The Morgan fingerprint density at radius 3 is 2.41 bits per heavy atom. The van der Waals surface area contributed by atoms with Crippen molar-refractivity contribution in [2.45, 2.75) is 5.16 Å². The maximum Gasteiger partial charge on any atom is 0.250 e. The van der Waals surface area contributed by atoms with Crippen LogP contribution in [-0.4, -0.2) is 37.7 Å². The standard InChI is InChI=1S/C27H19Cl2N5O2S/c28-19-8-5-18(6-9-19)26-32-33-27(34(26)21-12-10-20(29)11-13-21)37-16-25(36)31-30-15-23-22-4-2-1-3-17(22)7-14-24(23)35/h1-15,35H,16H2,(H,31,36)/b30-15+. The van der Waals surface area contributed by atoms with Gasteiger partial charge in [-0.3, -0.25) is 9.36 Å². The van der Waals surface area contributed by atoms with Gasteiger partial charge in [0, 0.05) is 26.9 Å². The van der Waals surface area contributed by atoms with Gasteiger partial charge in [0.1, 0.15) is 5.75 Å². The van der Waals surface area contributed by atoms with Gasteiger partial charge in [-0.2, -0.15) is 5.10 Å². The maximum atomic E-state index is 12.6. The molecule has 0 atom stereocenters. The van der Waals surface area contributed by atoms with Crippen LogP contribution in [0.15, 0.2) is 95.2 Å². The number of thioether (sulfide) groups is 1. The van der Waals surface area contributed by atoms with Crippen molar-refractivity contribution in [2.24, 2.45) is 5.10 Å². The number of halogens is 2. The van der Waals surface area contributed by atoms with Gasteiger partial charge in [-0.05, 0) is 65.4 Å². The fourth-order valence-electron chi connectivity index (χ4n) is 3.72. The number of hydrazone groups is 1. The number of phenols is 1. The highest BCUT2D eigenvalue weighted by Gasteiger charge is 2.17. The summed E-state index contributed by atoms with van der Waals surface area (Å²) in [5.41, 5.74) is 4.66. The topological polar surface area (TPSA) is 92.4 Å². The number of hydrogen-bond donors (Lipinski definition) is 2. The number of hydrogen-bond acceptors (Lipinski definition) is 6. The van der Waals surface area contributed by atoms with E-state index in [0.29, 0.717) is 26.6 Å². The van der Waals surface area contributed by atoms with E-state index < -0.39 is 0 Å². The minimum absolute atomic E-state index is 0.0468. The van der Waals surface area contributed by atoms with E-state index in [-0.39, 0.29) is 17.4 Å². The second-order valence-electron chi connectivity index (χ2n) is 7.93. The minimum atomic E-state index is -0.334. The van der Waals surface area contributed by atoms with E-state index in [1.807, 2.05) is 59.2 Å². The number of phenolic OH excluding ortho intramolecular Hbond substituents is 1. The van der Waals surface area contributed by atoms with Crippen LogP contribution in [0.2, 0.25) is 10.0 Å². The number of benzene rings is 4. The van der Waals surface area contributed by atoms with Crippen LogP contribution in [0.5, 0.6) is 5.75 Å². The molecule has 5 rings (SSSR count). The van der Waals surface area contributed by atoms with Gasteiger partial charge in [0.05, 0.1) is 12.0 Å². The van der Waals surface area contributed by atoms with Gasteiger partial charge in [-0.1, -0.05) is 65.3 Å². The second kappa shape index (κ2) is 11.0. The lowest BCUT2D eigenvalue weighted by molar-refractivity contribution is -0.118. The van der Waals surface area contributed by atoms with Crippen LogP contribution in [0.1, 0.15) is 5.56 Å². The van der Waals surface area contributed by atoms with Crippen molar-refractivity contribution in [1.29, 1.82) is 0 Å². The zero-order valence-electron chi connectivity index (χ0n) is 19.2. The molecule has 0 aliphatic carbocycles. The molecule has 2 N–H and O–H groups in total. The largest absolute Gasteiger partial charge is 0.507 e. The lowest BCUT2D eigenvalue weighted by atomic mass is 10.0. The number of nitrogens with one attached hydrogen (secondary N) is 1. The molecule has 0 fully saturated rings. The number of aromatic hydroxyl groups is 1. The summed E-state index contributed by atoms with van der Waals surface area (Å²) in [5.74, 6) is 0.397. The van der Waals surface area contributed by atoms with Crippen molar-refractivity contribution in [3.05, 3.63) is 101 Å². The first-order chi connectivity index (χ1) is 18.0. The summed E-state index contributed by atoms with van der Waals surface area (Å²) in [6.07, 6.45) is 1.44. The summed E-state index contributed by atoms with van der Waals surface area (Å²) in [7, 11) is 0. The Labute approximate surface area is 226 Å². The predicted molar refractivity (Wildman–Crippen MR) is 149 cm³/mol. The fraction of sp³-hybridized carbons (Fsp3) is 0.0370. The first-order valence-corrected chi connectivity index (χ1v) is 12.9. The van der Waals surface area contributed by atoms with E-state index in [1.54, 1.807) is 30.3 Å². The number of carbonyl (C=O) groups is 1. The molecule has 1 heterocycles. The molecule has 7 nitrogen and oxygen atoms in total. The predicted octanol–water partition coefficient (Wildman–Crippen LogP) is 6.34. The average molecular weight is 548 g/mol. The number of rotatable bonds is 7. The van der Waals surface area contributed by atoms with Crippen LogP contribution in [0.25, 0.3) is 27.8 Å². The molecule has 0 saturated heterocycles. The van der Waals surface area contributed by atoms with Crippen LogP contribution in [-0.2, 0) is 4.79 Å². The van der Waals surface area contributed by atoms with Gasteiger partial charge in [-0.25, -0.2) is 5.43 Å². The molecule has 0 aliphatic rings. The van der Waals surface area contributed by atoms with Crippen LogP contribution in [0.3, 0.4) is 0 Å². The molecule has 0 unspecified atom stereocenters. The van der Waals surface area contributed by atoms with Crippen molar-refractivity contribution < 1.29 is 9.90 Å². The Balaban J connectivity index is 1.34. The van der Waals surface area contributed by atoms with Crippen LogP contribution >= 0.6 is 35.0 Å². The van der Waals surface area contributed by atoms with Crippen LogP contribution in [0, 0.1) is 0 Å². The molecule has 0 bridgehead atoms. The molecule has 4 aromatic carbocycles. The summed E-state index contributed by atoms with van der Waals surface area (Å²) in [4.78, 5) is 12.6.